The summed E-state index contributed by atoms with van der Waals surface area (Å²) in [5.41, 5.74) is 6.91. The monoisotopic (exact) mass is 260 g/mol. The van der Waals surface area contributed by atoms with Crippen molar-refractivity contribution in [2.75, 3.05) is 0 Å². The van der Waals surface area contributed by atoms with Crippen molar-refractivity contribution in [2.24, 2.45) is 5.73 Å². The van der Waals surface area contributed by atoms with Crippen LogP contribution < -0.4 is 11.3 Å². The molecular formula is C14H16N2O3. The molecule has 19 heavy (non-hydrogen) atoms. The third-order valence-corrected chi connectivity index (χ3v) is 3.18. The van der Waals surface area contributed by atoms with E-state index in [1.54, 1.807) is 4.57 Å². The Kier molecular flexibility index (Phi) is 3.66. The van der Waals surface area contributed by atoms with Gasteiger partial charge in [-0.25, -0.2) is 0 Å². The maximum absolute atomic E-state index is 12.0. The summed E-state index contributed by atoms with van der Waals surface area (Å²) in [6.45, 7) is 2.47. The van der Waals surface area contributed by atoms with Crippen molar-refractivity contribution in [1.82, 2.24) is 4.57 Å². The van der Waals surface area contributed by atoms with Gasteiger partial charge >= 0.3 is 5.97 Å². The molecule has 2 aromatic rings. The van der Waals surface area contributed by atoms with Crippen LogP contribution in [-0.4, -0.2) is 21.7 Å². The predicted octanol–water partition coefficient (Wildman–Crippen LogP) is 0.976. The van der Waals surface area contributed by atoms with Crippen LogP contribution >= 0.6 is 0 Å². The normalized spacial score (nSPS) is 12.5. The van der Waals surface area contributed by atoms with Crippen molar-refractivity contribution in [3.05, 3.63) is 46.2 Å². The molecule has 0 saturated heterocycles. The van der Waals surface area contributed by atoms with E-state index in [0.717, 1.165) is 10.9 Å². The number of aromatic nitrogens is 1. The van der Waals surface area contributed by atoms with Gasteiger partial charge < -0.3 is 15.4 Å². The van der Waals surface area contributed by atoms with E-state index in [9.17, 15) is 9.59 Å². The fourth-order valence-electron chi connectivity index (χ4n) is 2.22. The van der Waals surface area contributed by atoms with Gasteiger partial charge in [-0.05, 0) is 25.0 Å². The number of hydrogen-bond donors (Lipinski definition) is 2. The quantitative estimate of drug-likeness (QED) is 0.858. The number of nitrogens with zero attached hydrogens (tertiary/aromatic N) is 1. The summed E-state index contributed by atoms with van der Waals surface area (Å²) in [5, 5.41) is 9.75. The highest BCUT2D eigenvalue weighted by Crippen LogP contribution is 2.18. The van der Waals surface area contributed by atoms with Gasteiger partial charge in [-0.2, -0.15) is 0 Å². The van der Waals surface area contributed by atoms with E-state index in [1.165, 1.54) is 6.07 Å². The standard InChI is InChI=1S/C14H16N2O3/c1-2-16-12-6-4-3-5-10(12)9(8-13(16)17)7-11(15)14(18)19/h3-6,8,11H,2,7,15H2,1H3,(H,18,19). The second kappa shape index (κ2) is 5.24. The van der Waals surface area contributed by atoms with Crippen molar-refractivity contribution in [2.45, 2.75) is 25.9 Å². The van der Waals surface area contributed by atoms with Crippen LogP contribution in [0.1, 0.15) is 12.5 Å². The van der Waals surface area contributed by atoms with Crippen LogP contribution in [0.25, 0.3) is 10.9 Å². The zero-order chi connectivity index (χ0) is 14.0. The molecule has 1 heterocycles. The Balaban J connectivity index is 2.63. The topological polar surface area (TPSA) is 85.3 Å². The van der Waals surface area contributed by atoms with Gasteiger partial charge in [-0.3, -0.25) is 9.59 Å². The zero-order valence-electron chi connectivity index (χ0n) is 10.7. The minimum atomic E-state index is -1.07. The third-order valence-electron chi connectivity index (χ3n) is 3.18. The summed E-state index contributed by atoms with van der Waals surface area (Å²) < 4.78 is 1.66. The molecule has 0 bridgehead atoms. The molecule has 0 aliphatic rings. The van der Waals surface area contributed by atoms with Gasteiger partial charge in [0, 0.05) is 18.0 Å². The lowest BCUT2D eigenvalue weighted by Gasteiger charge is -2.13. The molecule has 2 rings (SSSR count). The number of carboxylic acid groups (broad SMARTS) is 1. The number of rotatable bonds is 4. The Morgan fingerprint density at radius 2 is 2.11 bits per heavy atom. The van der Waals surface area contributed by atoms with Gasteiger partial charge in [0.2, 0.25) is 0 Å². The lowest BCUT2D eigenvalue weighted by atomic mass is 10.0. The number of pyridine rings is 1. The number of aryl methyl sites for hydroxylation is 1. The number of hydrogen-bond acceptors (Lipinski definition) is 3. The lowest BCUT2D eigenvalue weighted by Crippen LogP contribution is -2.33. The first-order valence-electron chi connectivity index (χ1n) is 6.14. The molecule has 1 atom stereocenters. The van der Waals surface area contributed by atoms with E-state index < -0.39 is 12.0 Å². The minimum Gasteiger partial charge on any atom is -0.480 e. The van der Waals surface area contributed by atoms with E-state index in [-0.39, 0.29) is 12.0 Å². The molecule has 0 aliphatic heterocycles. The first kappa shape index (κ1) is 13.3. The van der Waals surface area contributed by atoms with Gasteiger partial charge in [0.25, 0.3) is 5.56 Å². The number of carboxylic acids is 1. The number of fused-ring (bicyclic) bond motifs is 1. The van der Waals surface area contributed by atoms with E-state index in [0.29, 0.717) is 12.1 Å². The summed E-state index contributed by atoms with van der Waals surface area (Å²) in [4.78, 5) is 22.9. The first-order valence-corrected chi connectivity index (χ1v) is 6.14. The molecule has 0 spiro atoms. The van der Waals surface area contributed by atoms with Crippen molar-refractivity contribution < 1.29 is 9.90 Å². The highest BCUT2D eigenvalue weighted by Gasteiger charge is 2.15. The van der Waals surface area contributed by atoms with Gasteiger partial charge in [0.05, 0.1) is 5.52 Å². The highest BCUT2D eigenvalue weighted by atomic mass is 16.4. The molecule has 0 radical (unpaired) electrons. The summed E-state index contributed by atoms with van der Waals surface area (Å²) in [7, 11) is 0. The molecule has 0 fully saturated rings. The smallest absolute Gasteiger partial charge is 0.320 e. The van der Waals surface area contributed by atoms with Crippen molar-refractivity contribution in [3.63, 3.8) is 0 Å². The molecule has 1 aromatic carbocycles. The van der Waals surface area contributed by atoms with Crippen LogP contribution in [-0.2, 0) is 17.8 Å². The van der Waals surface area contributed by atoms with Crippen LogP contribution in [0.2, 0.25) is 0 Å². The summed E-state index contributed by atoms with van der Waals surface area (Å²) in [5.74, 6) is -1.07. The summed E-state index contributed by atoms with van der Waals surface area (Å²) >= 11 is 0. The average molecular weight is 260 g/mol. The highest BCUT2D eigenvalue weighted by molar-refractivity contribution is 5.83. The maximum Gasteiger partial charge on any atom is 0.320 e. The second-order valence-corrected chi connectivity index (χ2v) is 4.42. The molecule has 3 N–H and O–H groups in total. The van der Waals surface area contributed by atoms with E-state index in [4.69, 9.17) is 10.8 Å². The zero-order valence-corrected chi connectivity index (χ0v) is 10.7. The maximum atomic E-state index is 12.0. The molecule has 0 saturated carbocycles. The van der Waals surface area contributed by atoms with Crippen LogP contribution in [0, 0.1) is 0 Å². The lowest BCUT2D eigenvalue weighted by molar-refractivity contribution is -0.138. The third kappa shape index (κ3) is 2.51. The Bertz CT molecular complexity index is 676. The molecule has 5 nitrogen and oxygen atoms in total. The molecule has 0 amide bonds. The van der Waals surface area contributed by atoms with Gasteiger partial charge in [0.1, 0.15) is 6.04 Å². The number of para-hydroxylation sites is 1. The van der Waals surface area contributed by atoms with Gasteiger partial charge in [-0.1, -0.05) is 18.2 Å². The Morgan fingerprint density at radius 3 is 2.74 bits per heavy atom. The van der Waals surface area contributed by atoms with Crippen molar-refractivity contribution in [1.29, 1.82) is 0 Å². The van der Waals surface area contributed by atoms with Crippen molar-refractivity contribution >= 4 is 16.9 Å². The molecule has 0 aliphatic carbocycles. The number of carbonyl (C=O) groups is 1. The molecular weight excluding hydrogens is 244 g/mol. The average Bonchev–Trinajstić information content (AvgIpc) is 2.39. The van der Waals surface area contributed by atoms with Crippen LogP contribution in [0.4, 0.5) is 0 Å². The largest absolute Gasteiger partial charge is 0.480 e. The van der Waals surface area contributed by atoms with Crippen LogP contribution in [0.15, 0.2) is 35.1 Å². The second-order valence-electron chi connectivity index (χ2n) is 4.42. The minimum absolute atomic E-state index is 0.131. The molecule has 100 valence electrons. The van der Waals surface area contributed by atoms with Crippen LogP contribution in [0.3, 0.4) is 0 Å². The van der Waals surface area contributed by atoms with E-state index >= 15 is 0 Å². The summed E-state index contributed by atoms with van der Waals surface area (Å²) in [6.07, 6.45) is 0.148. The molecule has 1 aromatic heterocycles. The van der Waals surface area contributed by atoms with Gasteiger partial charge in [-0.15, -0.1) is 0 Å². The Hall–Kier alpha value is -2.14. The van der Waals surface area contributed by atoms with Crippen LogP contribution in [0.5, 0.6) is 0 Å². The Labute approximate surface area is 110 Å². The number of benzene rings is 1. The predicted molar refractivity (Wildman–Crippen MR) is 73.2 cm³/mol. The Morgan fingerprint density at radius 1 is 1.42 bits per heavy atom. The SMILES string of the molecule is CCn1c(=O)cc(CC(N)C(=O)O)c2ccccc21. The number of aliphatic carboxylic acids is 1. The fraction of sp³-hybridized carbons (Fsp3) is 0.286. The van der Waals surface area contributed by atoms with Crippen molar-refractivity contribution in [3.8, 4) is 0 Å². The van der Waals surface area contributed by atoms with E-state index in [2.05, 4.69) is 0 Å². The molecule has 1 unspecified atom stereocenters. The molecule has 5 heteroatoms. The summed E-state index contributed by atoms with van der Waals surface area (Å²) in [6, 6.07) is 7.94. The fourth-order valence-corrected chi connectivity index (χ4v) is 2.22. The van der Waals surface area contributed by atoms with Gasteiger partial charge in [0.15, 0.2) is 0 Å². The van der Waals surface area contributed by atoms with E-state index in [1.807, 2.05) is 31.2 Å². The first-order chi connectivity index (χ1) is 9.04. The number of nitrogens with two attached hydrogens (primary N) is 1.